The van der Waals surface area contributed by atoms with Crippen LogP contribution < -0.4 is 10.0 Å². The van der Waals surface area contributed by atoms with E-state index >= 15 is 0 Å². The Bertz CT molecular complexity index is 1620. The minimum absolute atomic E-state index is 0.00777. The van der Waals surface area contributed by atoms with Gasteiger partial charge in [0.1, 0.15) is 5.82 Å². The zero-order chi connectivity index (χ0) is 25.2. The molecule has 35 heavy (non-hydrogen) atoms. The first-order valence-corrected chi connectivity index (χ1v) is 13.2. The molecule has 2 N–H and O–H groups in total. The molecule has 0 unspecified atom stereocenters. The number of aromatic nitrogens is 2. The van der Waals surface area contributed by atoms with Crippen LogP contribution in [0.2, 0.25) is 0 Å². The van der Waals surface area contributed by atoms with Gasteiger partial charge in [0.25, 0.3) is 15.9 Å². The van der Waals surface area contributed by atoms with Crippen LogP contribution >= 0.6 is 0 Å². The van der Waals surface area contributed by atoms with E-state index in [0.29, 0.717) is 5.56 Å². The molecule has 0 aliphatic rings. The third-order valence-corrected chi connectivity index (χ3v) is 7.16. The number of nitrogens with one attached hydrogen (secondary N) is 2. The summed E-state index contributed by atoms with van der Waals surface area (Å²) < 4.78 is 69.3. The molecule has 4 rings (SSSR count). The van der Waals surface area contributed by atoms with Crippen LogP contribution in [-0.4, -0.2) is 39.2 Å². The van der Waals surface area contributed by atoms with Gasteiger partial charge in [-0.3, -0.25) is 14.8 Å². The monoisotopic (exact) mass is 516 g/mol. The largest absolute Gasteiger partial charge is 0.403 e. The molecule has 0 fully saturated rings. The summed E-state index contributed by atoms with van der Waals surface area (Å²) in [5, 5.41) is 9.96. The summed E-state index contributed by atoms with van der Waals surface area (Å²) in [4.78, 5) is 12.6. The number of benzene rings is 3. The van der Waals surface area contributed by atoms with Gasteiger partial charge in [-0.25, -0.2) is 21.2 Å². The Balaban J connectivity index is 1.49. The van der Waals surface area contributed by atoms with Gasteiger partial charge in [0.2, 0.25) is 5.89 Å². The van der Waals surface area contributed by atoms with Crippen molar-refractivity contribution in [1.29, 1.82) is 0 Å². The number of hydrogen-bond acceptors (Lipinski definition) is 8. The van der Waals surface area contributed by atoms with Gasteiger partial charge in [0.05, 0.1) is 9.79 Å². The molecule has 13 heteroatoms. The third kappa shape index (κ3) is 5.70. The van der Waals surface area contributed by atoms with Crippen LogP contribution in [0.3, 0.4) is 0 Å². The molecule has 0 radical (unpaired) electrons. The van der Waals surface area contributed by atoms with Crippen LogP contribution in [0.15, 0.2) is 87.0 Å². The number of hydrogen-bond donors (Lipinski definition) is 2. The smallest absolute Gasteiger partial charge is 0.322 e. The minimum Gasteiger partial charge on any atom is -0.403 e. The maximum atomic E-state index is 13.1. The molecule has 3 aromatic carbocycles. The Morgan fingerprint density at radius 2 is 1.60 bits per heavy atom. The molecule has 0 aliphatic carbocycles. The van der Waals surface area contributed by atoms with Crippen LogP contribution in [0, 0.1) is 5.82 Å². The van der Waals surface area contributed by atoms with Crippen molar-refractivity contribution in [2.75, 3.05) is 16.3 Å². The minimum atomic E-state index is -4.00. The van der Waals surface area contributed by atoms with Crippen molar-refractivity contribution in [2.45, 2.75) is 9.79 Å². The van der Waals surface area contributed by atoms with Crippen molar-refractivity contribution in [2.24, 2.45) is 0 Å². The number of halogens is 1. The molecule has 180 valence electrons. The van der Waals surface area contributed by atoms with E-state index in [4.69, 9.17) is 4.42 Å². The van der Waals surface area contributed by atoms with Crippen molar-refractivity contribution in [3.05, 3.63) is 84.2 Å². The van der Waals surface area contributed by atoms with E-state index in [1.165, 1.54) is 42.5 Å². The molecule has 1 heterocycles. The summed E-state index contributed by atoms with van der Waals surface area (Å²) >= 11 is 0. The molecule has 0 aliphatic heterocycles. The standard InChI is InChI=1S/C22H17FN4O6S2/c1-34(29,30)19-7-3-5-15(13-19)21-25-26-22(33-21)24-20(28)14-4-2-6-17(12-14)27-35(31,32)18-10-8-16(23)9-11-18/h2-13,27H,1H3,(H,24,26,28). The van der Waals surface area contributed by atoms with Crippen LogP contribution in [0.25, 0.3) is 11.5 Å². The fraction of sp³-hybridized carbons (Fsp3) is 0.0455. The van der Waals surface area contributed by atoms with E-state index in [2.05, 4.69) is 20.2 Å². The van der Waals surface area contributed by atoms with Gasteiger partial charge in [-0.15, -0.1) is 5.10 Å². The maximum Gasteiger partial charge on any atom is 0.322 e. The number of sulfone groups is 1. The number of anilines is 2. The number of sulfonamides is 1. The Hall–Kier alpha value is -4.10. The summed E-state index contributed by atoms with van der Waals surface area (Å²) in [5.41, 5.74) is 0.534. The van der Waals surface area contributed by atoms with Gasteiger partial charge in [-0.2, -0.15) is 0 Å². The highest BCUT2D eigenvalue weighted by molar-refractivity contribution is 7.92. The SMILES string of the molecule is CS(=O)(=O)c1cccc(-c2nnc(NC(=O)c3cccc(NS(=O)(=O)c4ccc(F)cc4)c3)o2)c1. The van der Waals surface area contributed by atoms with Crippen LogP contribution in [0.5, 0.6) is 0 Å². The molecule has 0 atom stereocenters. The summed E-state index contributed by atoms with van der Waals surface area (Å²) in [7, 11) is -7.45. The van der Waals surface area contributed by atoms with Crippen LogP contribution in [-0.2, 0) is 19.9 Å². The lowest BCUT2D eigenvalue weighted by molar-refractivity contribution is 0.102. The fourth-order valence-electron chi connectivity index (χ4n) is 2.97. The van der Waals surface area contributed by atoms with Gasteiger partial charge >= 0.3 is 6.01 Å². The van der Waals surface area contributed by atoms with Crippen LogP contribution in [0.4, 0.5) is 16.1 Å². The quantitative estimate of drug-likeness (QED) is 0.380. The van der Waals surface area contributed by atoms with Crippen molar-refractivity contribution in [3.8, 4) is 11.5 Å². The van der Waals surface area contributed by atoms with Crippen molar-refractivity contribution >= 4 is 37.5 Å². The fourth-order valence-corrected chi connectivity index (χ4v) is 4.69. The lowest BCUT2D eigenvalue weighted by atomic mass is 10.2. The van der Waals surface area contributed by atoms with Gasteiger partial charge in [0, 0.05) is 23.1 Å². The number of nitrogens with zero attached hydrogens (tertiary/aromatic N) is 2. The molecule has 0 bridgehead atoms. The molecule has 1 amide bonds. The molecule has 10 nitrogen and oxygen atoms in total. The van der Waals surface area contributed by atoms with E-state index in [0.717, 1.165) is 30.5 Å². The zero-order valence-electron chi connectivity index (χ0n) is 18.0. The zero-order valence-corrected chi connectivity index (χ0v) is 19.6. The molecular weight excluding hydrogens is 499 g/mol. The highest BCUT2D eigenvalue weighted by Crippen LogP contribution is 2.23. The van der Waals surface area contributed by atoms with Gasteiger partial charge < -0.3 is 4.42 Å². The lowest BCUT2D eigenvalue weighted by Crippen LogP contribution is -2.15. The number of carbonyl (C=O) groups excluding carboxylic acids is 1. The first kappa shape index (κ1) is 24.0. The highest BCUT2D eigenvalue weighted by Gasteiger charge is 2.17. The average molecular weight is 517 g/mol. The second-order valence-electron chi connectivity index (χ2n) is 7.31. The normalized spacial score (nSPS) is 11.7. The molecule has 0 spiro atoms. The summed E-state index contributed by atoms with van der Waals surface area (Å²) in [6.45, 7) is 0. The summed E-state index contributed by atoms with van der Waals surface area (Å²) in [6, 6.07) is 15.6. The van der Waals surface area contributed by atoms with Gasteiger partial charge in [0.15, 0.2) is 9.84 Å². The van der Waals surface area contributed by atoms with E-state index in [-0.39, 0.29) is 32.9 Å². The van der Waals surface area contributed by atoms with Crippen LogP contribution in [0.1, 0.15) is 10.4 Å². The van der Waals surface area contributed by atoms with Gasteiger partial charge in [-0.1, -0.05) is 17.2 Å². The number of amides is 1. The maximum absolute atomic E-state index is 13.1. The lowest BCUT2D eigenvalue weighted by Gasteiger charge is -2.09. The van der Waals surface area contributed by atoms with Crippen molar-refractivity contribution < 1.29 is 30.4 Å². The van der Waals surface area contributed by atoms with E-state index in [9.17, 15) is 26.0 Å². The predicted octanol–water partition coefficient (Wildman–Crippen LogP) is 3.33. The summed E-state index contributed by atoms with van der Waals surface area (Å²) in [6.07, 6.45) is 1.07. The Morgan fingerprint density at radius 1 is 0.886 bits per heavy atom. The Morgan fingerprint density at radius 3 is 2.31 bits per heavy atom. The number of carbonyl (C=O) groups is 1. The topological polar surface area (TPSA) is 148 Å². The van der Waals surface area contributed by atoms with Crippen molar-refractivity contribution in [1.82, 2.24) is 10.2 Å². The van der Waals surface area contributed by atoms with Gasteiger partial charge in [-0.05, 0) is 60.7 Å². The first-order chi connectivity index (χ1) is 16.5. The molecular formula is C22H17FN4O6S2. The Kier molecular flexibility index (Phi) is 6.37. The predicted molar refractivity (Wildman–Crippen MR) is 124 cm³/mol. The first-order valence-electron chi connectivity index (χ1n) is 9.85. The highest BCUT2D eigenvalue weighted by atomic mass is 32.2. The number of rotatable bonds is 7. The Labute approximate surface area is 199 Å². The average Bonchev–Trinajstić information content (AvgIpc) is 3.27. The molecule has 1 aromatic heterocycles. The van der Waals surface area contributed by atoms with E-state index in [1.54, 1.807) is 6.07 Å². The molecule has 0 saturated heterocycles. The molecule has 0 saturated carbocycles. The second-order valence-corrected chi connectivity index (χ2v) is 11.0. The summed E-state index contributed by atoms with van der Waals surface area (Å²) in [5.74, 6) is -1.24. The third-order valence-electron chi connectivity index (χ3n) is 4.66. The van der Waals surface area contributed by atoms with E-state index < -0.39 is 31.6 Å². The van der Waals surface area contributed by atoms with Crippen molar-refractivity contribution in [3.63, 3.8) is 0 Å². The second kappa shape index (κ2) is 9.27. The molecule has 4 aromatic rings. The van der Waals surface area contributed by atoms with E-state index in [1.807, 2.05) is 0 Å².